The normalized spacial score (nSPS) is 9.71. The molecule has 84 valence electrons. The second-order valence-corrected chi connectivity index (χ2v) is 4.23. The molecule has 0 aliphatic carbocycles. The van der Waals surface area contributed by atoms with Crippen molar-refractivity contribution in [1.29, 1.82) is 5.26 Å². The van der Waals surface area contributed by atoms with Crippen molar-refractivity contribution in [2.75, 3.05) is 0 Å². The molecule has 0 spiro atoms. The van der Waals surface area contributed by atoms with Crippen LogP contribution in [0, 0.1) is 17.1 Å². The fraction of sp³-hybridized carbons (Fsp3) is 0. The van der Waals surface area contributed by atoms with Gasteiger partial charge in [0.1, 0.15) is 5.75 Å². The summed E-state index contributed by atoms with van der Waals surface area (Å²) in [7, 11) is 0. The number of halogens is 2. The van der Waals surface area contributed by atoms with Gasteiger partial charge in [0.25, 0.3) is 0 Å². The van der Waals surface area contributed by atoms with Crippen molar-refractivity contribution in [3.8, 4) is 17.6 Å². The fourth-order valence-electron chi connectivity index (χ4n) is 1.28. The summed E-state index contributed by atoms with van der Waals surface area (Å²) in [6, 6.07) is 13.0. The van der Waals surface area contributed by atoms with Crippen LogP contribution >= 0.6 is 15.9 Å². The van der Waals surface area contributed by atoms with Gasteiger partial charge in [-0.15, -0.1) is 0 Å². The van der Waals surface area contributed by atoms with Gasteiger partial charge in [-0.25, -0.2) is 4.39 Å². The summed E-state index contributed by atoms with van der Waals surface area (Å²) in [4.78, 5) is 0. The molecule has 0 amide bonds. The molecule has 2 rings (SSSR count). The lowest BCUT2D eigenvalue weighted by molar-refractivity contribution is 0.442. The molecule has 0 aromatic heterocycles. The van der Waals surface area contributed by atoms with E-state index in [1.807, 2.05) is 6.07 Å². The van der Waals surface area contributed by atoms with Crippen LogP contribution in [0.5, 0.6) is 11.5 Å². The van der Waals surface area contributed by atoms with Gasteiger partial charge in [0.05, 0.1) is 11.6 Å². The Morgan fingerprint density at radius 3 is 2.47 bits per heavy atom. The van der Waals surface area contributed by atoms with Gasteiger partial charge in [-0.05, 0) is 42.5 Å². The molecule has 17 heavy (non-hydrogen) atoms. The summed E-state index contributed by atoms with van der Waals surface area (Å²) in [5.41, 5.74) is 0.534. The van der Waals surface area contributed by atoms with Crippen LogP contribution in [0.25, 0.3) is 0 Å². The van der Waals surface area contributed by atoms with Crippen molar-refractivity contribution in [3.05, 3.63) is 58.3 Å². The van der Waals surface area contributed by atoms with E-state index in [0.29, 0.717) is 11.3 Å². The summed E-state index contributed by atoms with van der Waals surface area (Å²) < 4.78 is 19.5. The summed E-state index contributed by atoms with van der Waals surface area (Å²) in [6.07, 6.45) is 0. The lowest BCUT2D eigenvalue weighted by atomic mass is 10.2. The molecule has 0 aliphatic rings. The fourth-order valence-corrected chi connectivity index (χ4v) is 1.62. The Balaban J connectivity index is 2.25. The van der Waals surface area contributed by atoms with E-state index in [1.165, 1.54) is 6.07 Å². The molecule has 0 fully saturated rings. The lowest BCUT2D eigenvalue weighted by Gasteiger charge is -2.06. The average Bonchev–Trinajstić information content (AvgIpc) is 2.35. The smallest absolute Gasteiger partial charge is 0.165 e. The first kappa shape index (κ1) is 11.6. The highest BCUT2D eigenvalue weighted by Gasteiger charge is 2.05. The third kappa shape index (κ3) is 2.83. The quantitative estimate of drug-likeness (QED) is 0.828. The van der Waals surface area contributed by atoms with Gasteiger partial charge in [0, 0.05) is 4.47 Å². The Labute approximate surface area is 106 Å². The van der Waals surface area contributed by atoms with Crippen molar-refractivity contribution in [2.45, 2.75) is 0 Å². The third-order valence-corrected chi connectivity index (χ3v) is 2.60. The van der Waals surface area contributed by atoms with E-state index in [0.717, 1.165) is 4.47 Å². The number of nitriles is 1. The van der Waals surface area contributed by atoms with Crippen molar-refractivity contribution in [2.24, 2.45) is 0 Å². The van der Waals surface area contributed by atoms with Gasteiger partial charge in [-0.1, -0.05) is 15.9 Å². The molecule has 0 N–H and O–H groups in total. The average molecular weight is 292 g/mol. The second kappa shape index (κ2) is 4.98. The monoisotopic (exact) mass is 291 g/mol. The predicted molar refractivity (Wildman–Crippen MR) is 65.3 cm³/mol. The molecule has 0 saturated carbocycles. The maximum absolute atomic E-state index is 13.4. The molecule has 0 saturated heterocycles. The summed E-state index contributed by atoms with van der Waals surface area (Å²) in [5.74, 6) is 0.197. The maximum atomic E-state index is 13.4. The van der Waals surface area contributed by atoms with Crippen molar-refractivity contribution >= 4 is 15.9 Å². The van der Waals surface area contributed by atoms with E-state index in [9.17, 15) is 4.39 Å². The van der Waals surface area contributed by atoms with Gasteiger partial charge in [0.2, 0.25) is 0 Å². The Kier molecular flexibility index (Phi) is 3.40. The van der Waals surface area contributed by atoms with E-state index < -0.39 is 5.82 Å². The third-order valence-electron chi connectivity index (χ3n) is 2.10. The molecule has 2 aromatic rings. The minimum absolute atomic E-state index is 0.143. The molecule has 2 nitrogen and oxygen atoms in total. The maximum Gasteiger partial charge on any atom is 0.165 e. The van der Waals surface area contributed by atoms with Gasteiger partial charge >= 0.3 is 0 Å². The van der Waals surface area contributed by atoms with Gasteiger partial charge in [-0.2, -0.15) is 5.26 Å². The first-order valence-electron chi connectivity index (χ1n) is 4.82. The molecule has 0 bridgehead atoms. The van der Waals surface area contributed by atoms with Crippen LogP contribution in [0.2, 0.25) is 0 Å². The minimum atomic E-state index is -0.433. The van der Waals surface area contributed by atoms with Gasteiger partial charge in [0.15, 0.2) is 11.6 Å². The molecular formula is C13H7BrFNO. The van der Waals surface area contributed by atoms with Crippen LogP contribution in [0.4, 0.5) is 4.39 Å². The lowest BCUT2D eigenvalue weighted by Crippen LogP contribution is -1.88. The SMILES string of the molecule is N#Cc1ccc(Oc2cc(Br)ccc2F)cc1. The highest BCUT2D eigenvalue weighted by Crippen LogP contribution is 2.27. The van der Waals surface area contributed by atoms with Gasteiger partial charge < -0.3 is 4.74 Å². The summed E-state index contributed by atoms with van der Waals surface area (Å²) >= 11 is 3.24. The van der Waals surface area contributed by atoms with E-state index in [2.05, 4.69) is 15.9 Å². The van der Waals surface area contributed by atoms with Crippen molar-refractivity contribution in [1.82, 2.24) is 0 Å². The van der Waals surface area contributed by atoms with Crippen LogP contribution in [-0.2, 0) is 0 Å². The highest BCUT2D eigenvalue weighted by atomic mass is 79.9. The molecule has 2 aromatic carbocycles. The minimum Gasteiger partial charge on any atom is -0.454 e. The Hall–Kier alpha value is -1.86. The largest absolute Gasteiger partial charge is 0.454 e. The molecule has 0 unspecified atom stereocenters. The van der Waals surface area contributed by atoms with E-state index in [1.54, 1.807) is 36.4 Å². The van der Waals surface area contributed by atoms with E-state index in [4.69, 9.17) is 10.00 Å². The molecule has 0 atom stereocenters. The standard InChI is InChI=1S/C13H7BrFNO/c14-10-3-6-12(15)13(7-10)17-11-4-1-9(8-16)2-5-11/h1-7H. The number of hydrogen-bond acceptors (Lipinski definition) is 2. The number of nitrogens with zero attached hydrogens (tertiary/aromatic N) is 1. The number of rotatable bonds is 2. The Morgan fingerprint density at radius 1 is 1.12 bits per heavy atom. The van der Waals surface area contributed by atoms with Gasteiger partial charge in [-0.3, -0.25) is 0 Å². The number of hydrogen-bond donors (Lipinski definition) is 0. The molecule has 0 aliphatic heterocycles. The molecule has 4 heteroatoms. The van der Waals surface area contributed by atoms with Crippen LogP contribution in [0.15, 0.2) is 46.9 Å². The first-order valence-corrected chi connectivity index (χ1v) is 5.61. The second-order valence-electron chi connectivity index (χ2n) is 3.31. The Morgan fingerprint density at radius 2 is 1.82 bits per heavy atom. The molecular weight excluding hydrogens is 285 g/mol. The summed E-state index contributed by atoms with van der Waals surface area (Å²) in [6.45, 7) is 0. The zero-order valence-corrected chi connectivity index (χ0v) is 10.2. The predicted octanol–water partition coefficient (Wildman–Crippen LogP) is 4.25. The number of ether oxygens (including phenoxy) is 1. The van der Waals surface area contributed by atoms with Crippen LogP contribution in [-0.4, -0.2) is 0 Å². The Bertz CT molecular complexity index is 575. The molecule has 0 radical (unpaired) electrons. The van der Waals surface area contributed by atoms with Crippen LogP contribution in [0.3, 0.4) is 0 Å². The zero-order valence-electron chi connectivity index (χ0n) is 8.65. The zero-order chi connectivity index (χ0) is 12.3. The number of benzene rings is 2. The van der Waals surface area contributed by atoms with Crippen LogP contribution in [0.1, 0.15) is 5.56 Å². The topological polar surface area (TPSA) is 33.0 Å². The summed E-state index contributed by atoms with van der Waals surface area (Å²) in [5, 5.41) is 8.64. The highest BCUT2D eigenvalue weighted by molar-refractivity contribution is 9.10. The first-order chi connectivity index (χ1) is 8.19. The van der Waals surface area contributed by atoms with E-state index in [-0.39, 0.29) is 5.75 Å². The van der Waals surface area contributed by atoms with E-state index >= 15 is 0 Å². The van der Waals surface area contributed by atoms with Crippen molar-refractivity contribution < 1.29 is 9.13 Å². The van der Waals surface area contributed by atoms with Crippen molar-refractivity contribution in [3.63, 3.8) is 0 Å². The van der Waals surface area contributed by atoms with Crippen LogP contribution < -0.4 is 4.74 Å². The molecule has 0 heterocycles.